The molecule has 0 saturated carbocycles. The van der Waals surface area contributed by atoms with E-state index in [0.29, 0.717) is 0 Å². The van der Waals surface area contributed by atoms with E-state index in [1.54, 1.807) is 0 Å². The van der Waals surface area contributed by atoms with Crippen LogP contribution in [0, 0.1) is 0 Å². The topological polar surface area (TPSA) is 217 Å². The molecule has 0 aliphatic rings. The summed E-state index contributed by atoms with van der Waals surface area (Å²) in [6.07, 6.45) is -0.667. The van der Waals surface area contributed by atoms with E-state index < -0.39 is 23.9 Å². The Morgan fingerprint density at radius 3 is 0.524 bits per heavy atom. The van der Waals surface area contributed by atoms with E-state index in [4.69, 9.17) is 58.8 Å². The van der Waals surface area contributed by atoms with Gasteiger partial charge < -0.3 is 20.4 Å². The van der Waals surface area contributed by atoms with Crippen LogP contribution in [0.25, 0.3) is 0 Å². The molecule has 0 unspecified atom stereocenters. The van der Waals surface area contributed by atoms with Crippen molar-refractivity contribution in [2.45, 2.75) is 0 Å². The van der Waals surface area contributed by atoms with Gasteiger partial charge in [-0.3, -0.25) is 19.2 Å². The van der Waals surface area contributed by atoms with E-state index >= 15 is 0 Å². The van der Waals surface area contributed by atoms with Crippen LogP contribution >= 0.6 is 0 Å². The molecule has 0 aliphatic heterocycles. The molecule has 0 spiro atoms. The molecular weight excluding hydrogens is 379 g/mol. The molecule has 0 aliphatic carbocycles. The summed E-state index contributed by atoms with van der Waals surface area (Å²) in [5, 5.41) is 29.4. The molecule has 13 heteroatoms. The average molecular weight is 387 g/mol. The molecule has 0 radical (unpaired) electrons. The van der Waals surface area contributed by atoms with Crippen LogP contribution in [0.4, 0.5) is 0 Å². The van der Waals surface area contributed by atoms with Crippen LogP contribution in [-0.2, 0) is 64.6 Å². The minimum absolute atomic E-state index is 0. The number of hydrogen-bond acceptors (Lipinski definition) is 8. The van der Waals surface area contributed by atoms with Gasteiger partial charge in [-0.15, -0.1) is 0 Å². The molecule has 0 heterocycles. The number of carboxylic acid groups (broad SMARTS) is 4. The third kappa shape index (κ3) is 140. The monoisotopic (exact) mass is 386 g/mol. The number of carbonyl (C=O) groups excluding carboxylic acids is 4. The van der Waals surface area contributed by atoms with Gasteiger partial charge >= 0.3 is 23.9 Å². The number of carboxylic acids is 4. The fourth-order valence-electron chi connectivity index (χ4n) is 0. The first-order chi connectivity index (χ1) is 9.08. The van der Waals surface area contributed by atoms with Crippen LogP contribution in [0.2, 0.25) is 0 Å². The van der Waals surface area contributed by atoms with Crippen LogP contribution in [0.5, 0.6) is 0 Å². The summed E-state index contributed by atoms with van der Waals surface area (Å²) in [6.45, 7) is 0. The SMILES string of the molecule is O=CC(=O)O.O=CC(=O)O.O=CC(=O)O.O=CC(=O)O.[Zr]. The normalized spacial score (nSPS) is 6.10. The predicted octanol–water partition coefficient (Wildman–Crippen LogP) is -2.92. The zero-order valence-electron chi connectivity index (χ0n) is 9.86. The summed E-state index contributed by atoms with van der Waals surface area (Å²) in [7, 11) is 0. The Morgan fingerprint density at radius 1 is 0.476 bits per heavy atom. The number of aldehydes is 4. The van der Waals surface area contributed by atoms with Gasteiger partial charge in [-0.05, 0) is 0 Å². The smallest absolute Gasteiger partial charge is 0.368 e. The molecule has 0 atom stereocenters. The van der Waals surface area contributed by atoms with E-state index in [-0.39, 0.29) is 51.3 Å². The number of hydrogen-bond donors (Lipinski definition) is 4. The average Bonchev–Trinajstić information content (AvgIpc) is 2.40. The molecule has 0 amide bonds. The number of aliphatic carboxylic acids is 4. The van der Waals surface area contributed by atoms with Crippen molar-refractivity contribution in [2.24, 2.45) is 0 Å². The van der Waals surface area contributed by atoms with Gasteiger partial charge in [0.15, 0.2) is 0 Å². The van der Waals surface area contributed by atoms with Crippen molar-refractivity contribution < 1.29 is 85.0 Å². The van der Waals surface area contributed by atoms with Crippen molar-refractivity contribution >= 4 is 49.0 Å². The molecule has 0 saturated heterocycles. The van der Waals surface area contributed by atoms with E-state index in [9.17, 15) is 0 Å². The molecule has 21 heavy (non-hydrogen) atoms. The number of carbonyl (C=O) groups is 8. The Hall–Kier alpha value is -2.56. The quantitative estimate of drug-likeness (QED) is 0.281. The van der Waals surface area contributed by atoms with E-state index in [1.807, 2.05) is 0 Å². The zero-order chi connectivity index (χ0) is 17.1. The van der Waals surface area contributed by atoms with Crippen LogP contribution in [0.15, 0.2) is 0 Å². The van der Waals surface area contributed by atoms with Crippen molar-refractivity contribution in [3.05, 3.63) is 0 Å². The second kappa shape index (κ2) is 26.1. The molecule has 0 aromatic carbocycles. The maximum atomic E-state index is 9.00. The third-order valence-corrected chi connectivity index (χ3v) is 0.403. The molecule has 12 nitrogen and oxygen atoms in total. The van der Waals surface area contributed by atoms with Gasteiger partial charge in [-0.25, -0.2) is 19.2 Å². The Morgan fingerprint density at radius 2 is 0.524 bits per heavy atom. The van der Waals surface area contributed by atoms with Crippen LogP contribution in [-0.4, -0.2) is 69.4 Å². The molecule has 0 aromatic rings. The largest absolute Gasteiger partial charge is 0.476 e. The van der Waals surface area contributed by atoms with Crippen molar-refractivity contribution in [1.82, 2.24) is 0 Å². The van der Waals surface area contributed by atoms with Crippen molar-refractivity contribution in [2.75, 3.05) is 0 Å². The predicted molar refractivity (Wildman–Crippen MR) is 54.8 cm³/mol. The van der Waals surface area contributed by atoms with Crippen LogP contribution in [0.1, 0.15) is 0 Å². The van der Waals surface area contributed by atoms with Crippen molar-refractivity contribution in [3.63, 3.8) is 0 Å². The van der Waals surface area contributed by atoms with E-state index in [0.717, 1.165) is 0 Å². The summed E-state index contributed by atoms with van der Waals surface area (Å²) in [5.74, 6) is -5.70. The molecule has 4 N–H and O–H groups in total. The first kappa shape index (κ1) is 31.1. The van der Waals surface area contributed by atoms with Gasteiger partial charge in [0, 0.05) is 26.2 Å². The van der Waals surface area contributed by atoms with E-state index in [1.165, 1.54) is 0 Å². The second-order valence-electron chi connectivity index (χ2n) is 1.82. The summed E-state index contributed by atoms with van der Waals surface area (Å²) < 4.78 is 0. The third-order valence-electron chi connectivity index (χ3n) is 0.403. The Labute approximate surface area is 134 Å². The van der Waals surface area contributed by atoms with Crippen molar-refractivity contribution in [3.8, 4) is 0 Å². The molecule has 116 valence electrons. The standard InChI is InChI=1S/4C2H2O3.Zr/c4*3-1-2(4)5;/h4*1H,(H,4,5);. The Bertz CT molecular complexity index is 301. The maximum Gasteiger partial charge on any atom is 0.368 e. The van der Waals surface area contributed by atoms with Crippen LogP contribution < -0.4 is 0 Å². The minimum Gasteiger partial charge on any atom is -0.476 e. The first-order valence-corrected chi connectivity index (χ1v) is 3.81. The minimum atomic E-state index is -1.43. The van der Waals surface area contributed by atoms with Gasteiger partial charge in [0.2, 0.25) is 25.1 Å². The molecular formula is C8H8O12Zr. The first-order valence-electron chi connectivity index (χ1n) is 3.81. The second-order valence-corrected chi connectivity index (χ2v) is 1.82. The van der Waals surface area contributed by atoms with Gasteiger partial charge in [0.1, 0.15) is 0 Å². The van der Waals surface area contributed by atoms with Gasteiger partial charge in [0.05, 0.1) is 0 Å². The zero-order valence-corrected chi connectivity index (χ0v) is 12.3. The van der Waals surface area contributed by atoms with Gasteiger partial charge in [-0.1, -0.05) is 0 Å². The van der Waals surface area contributed by atoms with E-state index in [2.05, 4.69) is 0 Å². The summed E-state index contributed by atoms with van der Waals surface area (Å²) in [4.78, 5) is 71.6. The summed E-state index contributed by atoms with van der Waals surface area (Å²) in [6, 6.07) is 0. The Kier molecular flexibility index (Phi) is 38.6. The van der Waals surface area contributed by atoms with Crippen molar-refractivity contribution in [1.29, 1.82) is 0 Å². The molecule has 0 fully saturated rings. The Balaban J connectivity index is -0.0000000533. The van der Waals surface area contributed by atoms with Crippen LogP contribution in [0.3, 0.4) is 0 Å². The van der Waals surface area contributed by atoms with Gasteiger partial charge in [-0.2, -0.15) is 0 Å². The number of rotatable bonds is 4. The van der Waals surface area contributed by atoms with Gasteiger partial charge in [0.25, 0.3) is 0 Å². The molecule has 0 aromatic heterocycles. The fourth-order valence-corrected chi connectivity index (χ4v) is 0. The fraction of sp³-hybridized carbons (Fsp3) is 0. The maximum absolute atomic E-state index is 9.00. The molecule has 0 bridgehead atoms. The summed E-state index contributed by atoms with van der Waals surface area (Å²) >= 11 is 0. The summed E-state index contributed by atoms with van der Waals surface area (Å²) in [5.41, 5.74) is 0. The molecule has 0 rings (SSSR count).